The van der Waals surface area contributed by atoms with Crippen LogP contribution in [0.4, 0.5) is 18.0 Å². The number of ether oxygens (including phenoxy) is 4. The van der Waals surface area contributed by atoms with Gasteiger partial charge in [-0.1, -0.05) is 0 Å². The number of Topliss-reactive ketones (excluding diaryl/α,β-unsaturated/α-hetero) is 1. The van der Waals surface area contributed by atoms with Gasteiger partial charge < -0.3 is 28.8 Å². The highest BCUT2D eigenvalue weighted by Crippen LogP contribution is 2.34. The topological polar surface area (TPSA) is 101 Å². The van der Waals surface area contributed by atoms with Crippen molar-refractivity contribution < 1.29 is 41.7 Å². The number of hydrogen-bond donors (Lipinski definition) is 1. The van der Waals surface area contributed by atoms with E-state index in [2.05, 4.69) is 22.8 Å². The minimum atomic E-state index is -4.65. The fourth-order valence-electron chi connectivity index (χ4n) is 3.32. The lowest BCUT2D eigenvalue weighted by Gasteiger charge is -2.30. The molecule has 0 saturated heterocycles. The fraction of sp³-hybridized carbons (Fsp3) is 0.654. The summed E-state index contributed by atoms with van der Waals surface area (Å²) in [5.74, 6) is 0.751. The quantitative estimate of drug-likeness (QED) is 0.210. The normalized spacial score (nSPS) is 13.6. The van der Waals surface area contributed by atoms with Gasteiger partial charge in [-0.15, -0.1) is 0 Å². The van der Waals surface area contributed by atoms with Crippen LogP contribution >= 0.6 is 0 Å². The van der Waals surface area contributed by atoms with Crippen LogP contribution in [0.3, 0.4) is 0 Å². The highest BCUT2D eigenvalue weighted by molar-refractivity contribution is 7.95. The second-order valence-electron chi connectivity index (χ2n) is 10.7. The number of alkyl halides is 3. The number of amides is 1. The standard InChI is InChI=1S/C26H38F3N3O6S/c1-24(2,3)38-23(34)31-19(14-37-25(4,5)26(27,28)29)22-30-18-13-17(21(33)15-35-6)9-10-20(18)32(22)16-36-11-12-39(7)8/h9-10,13,19H,11-12,14-16H2,1-8H3/p+1/t19-/m0/s1. The molecule has 0 fully saturated rings. The number of nitrogens with one attached hydrogen (secondary N) is 1. The molecule has 1 atom stereocenters. The van der Waals surface area contributed by atoms with Crippen LogP contribution in [0, 0.1) is 0 Å². The lowest BCUT2D eigenvalue weighted by Crippen LogP contribution is -2.45. The third-order valence-corrected chi connectivity index (χ3v) is 6.51. The molecule has 0 saturated carbocycles. The van der Waals surface area contributed by atoms with E-state index in [1.54, 1.807) is 43.5 Å². The molecule has 0 radical (unpaired) electrons. The smallest absolute Gasteiger partial charge is 0.416 e. The van der Waals surface area contributed by atoms with Crippen LogP contribution in [0.5, 0.6) is 0 Å². The maximum atomic E-state index is 13.6. The minimum Gasteiger partial charge on any atom is -0.444 e. The number of carbonyl (C=O) groups excluding carboxylic acids is 2. The summed E-state index contributed by atoms with van der Waals surface area (Å²) < 4.78 is 63.7. The van der Waals surface area contributed by atoms with Gasteiger partial charge in [-0.3, -0.25) is 4.79 Å². The predicted molar refractivity (Wildman–Crippen MR) is 144 cm³/mol. The molecule has 0 spiro atoms. The third-order valence-electron chi connectivity index (χ3n) is 5.53. The zero-order valence-corrected chi connectivity index (χ0v) is 24.5. The molecule has 1 aromatic carbocycles. The number of halogens is 3. The molecule has 1 N–H and O–H groups in total. The Balaban J connectivity index is 2.55. The van der Waals surface area contributed by atoms with Crippen molar-refractivity contribution in [2.45, 2.75) is 64.8 Å². The van der Waals surface area contributed by atoms with E-state index in [1.165, 1.54) is 7.11 Å². The van der Waals surface area contributed by atoms with E-state index in [9.17, 15) is 22.8 Å². The summed E-state index contributed by atoms with van der Waals surface area (Å²) in [6, 6.07) is 3.72. The van der Waals surface area contributed by atoms with Gasteiger partial charge in [0.15, 0.2) is 11.4 Å². The summed E-state index contributed by atoms with van der Waals surface area (Å²) in [6.45, 7) is 6.60. The van der Waals surface area contributed by atoms with Crippen LogP contribution in [0.1, 0.15) is 56.8 Å². The van der Waals surface area contributed by atoms with Crippen LogP contribution in [-0.4, -0.2) is 84.0 Å². The Morgan fingerprint density at radius 1 is 1.13 bits per heavy atom. The summed E-state index contributed by atoms with van der Waals surface area (Å²) >= 11 is 0. The van der Waals surface area contributed by atoms with Gasteiger partial charge in [0.1, 0.15) is 36.6 Å². The maximum Gasteiger partial charge on any atom is 0.416 e. The summed E-state index contributed by atoms with van der Waals surface area (Å²) in [6.07, 6.45) is -1.33. The monoisotopic (exact) mass is 578 g/mol. The van der Waals surface area contributed by atoms with Gasteiger partial charge in [0.05, 0.1) is 36.8 Å². The van der Waals surface area contributed by atoms with E-state index in [1.807, 2.05) is 0 Å². The molecule has 0 bridgehead atoms. The van der Waals surface area contributed by atoms with Crippen molar-refractivity contribution in [3.63, 3.8) is 0 Å². The van der Waals surface area contributed by atoms with Crippen molar-refractivity contribution in [1.29, 1.82) is 0 Å². The molecule has 1 aromatic heterocycles. The van der Waals surface area contributed by atoms with Gasteiger partial charge in [0.2, 0.25) is 0 Å². The zero-order valence-electron chi connectivity index (χ0n) is 23.7. The van der Waals surface area contributed by atoms with E-state index in [0.717, 1.165) is 19.6 Å². The molecule has 0 aliphatic rings. The number of hydrogen-bond acceptors (Lipinski definition) is 7. The number of rotatable bonds is 13. The molecule has 2 rings (SSSR count). The van der Waals surface area contributed by atoms with Crippen molar-refractivity contribution in [3.05, 3.63) is 29.6 Å². The van der Waals surface area contributed by atoms with Crippen molar-refractivity contribution >= 4 is 33.8 Å². The first-order valence-electron chi connectivity index (χ1n) is 12.3. The summed E-state index contributed by atoms with van der Waals surface area (Å²) in [5.41, 5.74) is -2.03. The Morgan fingerprint density at radius 2 is 1.79 bits per heavy atom. The first kappa shape index (κ1) is 32.9. The second-order valence-corrected chi connectivity index (χ2v) is 13.1. The first-order valence-corrected chi connectivity index (χ1v) is 14.5. The average Bonchev–Trinajstić information content (AvgIpc) is 3.15. The molecule has 39 heavy (non-hydrogen) atoms. The predicted octanol–water partition coefficient (Wildman–Crippen LogP) is 4.64. The largest absolute Gasteiger partial charge is 0.444 e. The molecule has 1 heterocycles. The number of aromatic nitrogens is 2. The maximum absolute atomic E-state index is 13.6. The van der Waals surface area contributed by atoms with Gasteiger partial charge in [-0.2, -0.15) is 13.2 Å². The highest BCUT2D eigenvalue weighted by atomic mass is 32.2. The molecule has 220 valence electrons. The van der Waals surface area contributed by atoms with E-state index in [4.69, 9.17) is 18.9 Å². The summed E-state index contributed by atoms with van der Waals surface area (Å²) in [4.78, 5) is 29.7. The van der Waals surface area contributed by atoms with Gasteiger partial charge in [-0.05, 0) is 63.7 Å². The van der Waals surface area contributed by atoms with Crippen molar-refractivity contribution in [2.24, 2.45) is 0 Å². The van der Waals surface area contributed by atoms with Gasteiger partial charge in [0.25, 0.3) is 0 Å². The first-order chi connectivity index (χ1) is 17.9. The van der Waals surface area contributed by atoms with Crippen molar-refractivity contribution in [3.8, 4) is 0 Å². The number of benzene rings is 1. The fourth-order valence-corrected chi connectivity index (χ4v) is 3.77. The lowest BCUT2D eigenvalue weighted by atomic mass is 10.1. The van der Waals surface area contributed by atoms with Crippen LogP contribution < -0.4 is 5.32 Å². The van der Waals surface area contributed by atoms with Gasteiger partial charge in [0, 0.05) is 12.7 Å². The number of ketones is 1. The average molecular weight is 579 g/mol. The molecular formula is C26H39F3N3O6S+. The number of alkyl carbamates (subject to hydrolysis) is 1. The molecule has 0 aliphatic carbocycles. The SMILES string of the molecule is COCC(=O)c1ccc2c(c1)nc([C@H](COC(C)(C)C(F)(F)F)NC(=O)OC(C)(C)C)n2COCC[S+](C)C. The van der Waals surface area contributed by atoms with Gasteiger partial charge in [-0.25, -0.2) is 9.78 Å². The highest BCUT2D eigenvalue weighted by Gasteiger charge is 2.49. The third kappa shape index (κ3) is 9.66. The molecule has 0 unspecified atom stereocenters. The van der Waals surface area contributed by atoms with Crippen LogP contribution in [-0.2, 0) is 36.6 Å². The zero-order chi connectivity index (χ0) is 29.6. The van der Waals surface area contributed by atoms with Crippen LogP contribution in [0.15, 0.2) is 18.2 Å². The van der Waals surface area contributed by atoms with E-state index in [0.29, 0.717) is 23.2 Å². The van der Waals surface area contributed by atoms with E-state index >= 15 is 0 Å². The number of methoxy groups -OCH3 is 1. The molecular weight excluding hydrogens is 539 g/mol. The Kier molecular flexibility index (Phi) is 11.2. The Bertz CT molecular complexity index is 1130. The van der Waals surface area contributed by atoms with E-state index in [-0.39, 0.29) is 35.8 Å². The molecule has 2 aromatic rings. The lowest BCUT2D eigenvalue weighted by molar-refractivity contribution is -0.265. The van der Waals surface area contributed by atoms with Gasteiger partial charge >= 0.3 is 12.3 Å². The molecule has 9 nitrogen and oxygen atoms in total. The minimum absolute atomic E-state index is 0.0174. The van der Waals surface area contributed by atoms with Crippen LogP contribution in [0.25, 0.3) is 11.0 Å². The summed E-state index contributed by atoms with van der Waals surface area (Å²) in [5, 5.41) is 2.60. The summed E-state index contributed by atoms with van der Waals surface area (Å²) in [7, 11) is 1.56. The molecule has 0 aliphatic heterocycles. The van der Waals surface area contributed by atoms with Crippen molar-refractivity contribution in [1.82, 2.24) is 14.9 Å². The number of nitrogens with zero attached hydrogens (tertiary/aromatic N) is 2. The Morgan fingerprint density at radius 3 is 2.36 bits per heavy atom. The van der Waals surface area contributed by atoms with Crippen molar-refractivity contribution in [2.75, 3.05) is 45.2 Å². The Labute approximate surface area is 230 Å². The number of carbonyl (C=O) groups is 2. The number of fused-ring (bicyclic) bond motifs is 1. The molecule has 1 amide bonds. The van der Waals surface area contributed by atoms with E-state index < -0.39 is 36.1 Å². The molecule has 13 heteroatoms. The Hall–Kier alpha value is -2.35. The number of imidazole rings is 1. The second kappa shape index (κ2) is 13.3. The van der Waals surface area contributed by atoms with Crippen LogP contribution in [0.2, 0.25) is 0 Å².